The maximum absolute atomic E-state index is 12.7. The van der Waals surface area contributed by atoms with Crippen LogP contribution in [-0.2, 0) is 16.8 Å². The molecule has 0 unspecified atom stereocenters. The van der Waals surface area contributed by atoms with Crippen LogP contribution in [0.15, 0.2) is 24.3 Å². The van der Waals surface area contributed by atoms with E-state index in [0.29, 0.717) is 28.0 Å². The van der Waals surface area contributed by atoms with Crippen molar-refractivity contribution in [3.05, 3.63) is 29.8 Å². The average Bonchev–Trinajstić information content (AvgIpc) is 3.08. The lowest BCUT2D eigenvalue weighted by Crippen LogP contribution is -2.27. The Bertz CT molecular complexity index is 1100. The van der Waals surface area contributed by atoms with Crippen molar-refractivity contribution < 1.29 is 18.0 Å². The Morgan fingerprint density at radius 2 is 1.93 bits per heavy atom. The lowest BCUT2D eigenvalue weighted by molar-refractivity contribution is -0.137. The van der Waals surface area contributed by atoms with Crippen LogP contribution < -0.4 is 11.1 Å². The Kier molecular flexibility index (Phi) is 3.84. The fourth-order valence-corrected chi connectivity index (χ4v) is 3.36. The number of benzene rings is 1. The van der Waals surface area contributed by atoms with Crippen LogP contribution in [0.1, 0.15) is 25.8 Å². The van der Waals surface area contributed by atoms with Gasteiger partial charge in [0, 0.05) is 5.39 Å². The number of nitrogens with zero attached hydrogens (tertiary/aromatic N) is 4. The average molecular weight is 390 g/mol. The number of carbonyl (C=O) groups is 1. The molecule has 0 radical (unpaired) electrons. The zero-order valence-electron chi connectivity index (χ0n) is 15.1. The molecule has 1 aliphatic heterocycles. The smallest absolute Gasteiger partial charge is 0.383 e. The lowest BCUT2D eigenvalue weighted by Gasteiger charge is -2.15. The molecule has 3 N–H and O–H groups in total. The van der Waals surface area contributed by atoms with Crippen LogP contribution in [0, 0.1) is 0 Å². The minimum atomic E-state index is -4.29. The van der Waals surface area contributed by atoms with Crippen LogP contribution in [0.5, 0.6) is 0 Å². The van der Waals surface area contributed by atoms with Gasteiger partial charge in [0.25, 0.3) is 0 Å². The van der Waals surface area contributed by atoms with Crippen LogP contribution in [0.25, 0.3) is 22.4 Å². The molecule has 1 aliphatic rings. The Hall–Kier alpha value is -3.17. The number of hydrogen-bond donors (Lipinski definition) is 2. The molecule has 0 aliphatic carbocycles. The molecule has 0 spiro atoms. The van der Waals surface area contributed by atoms with E-state index in [1.807, 2.05) is 0 Å². The van der Waals surface area contributed by atoms with Gasteiger partial charge >= 0.3 is 6.18 Å². The zero-order valence-corrected chi connectivity index (χ0v) is 15.1. The molecule has 3 aromatic rings. The largest absolute Gasteiger partial charge is 0.390 e. The first-order valence-electron chi connectivity index (χ1n) is 8.60. The van der Waals surface area contributed by atoms with Crippen LogP contribution in [0.4, 0.5) is 24.8 Å². The number of anilines is 2. The van der Waals surface area contributed by atoms with Crippen molar-refractivity contribution in [3.8, 4) is 11.5 Å². The number of carbonyl (C=O) groups excluding carboxylic acids is 1. The Morgan fingerprint density at radius 3 is 2.64 bits per heavy atom. The van der Waals surface area contributed by atoms with Crippen LogP contribution in [-0.4, -0.2) is 31.8 Å². The van der Waals surface area contributed by atoms with Crippen molar-refractivity contribution in [2.24, 2.45) is 0 Å². The van der Waals surface area contributed by atoms with E-state index >= 15 is 0 Å². The molecule has 28 heavy (non-hydrogen) atoms. The number of fused-ring (bicyclic) bond motifs is 2. The van der Waals surface area contributed by atoms with Gasteiger partial charge in [0.15, 0.2) is 5.82 Å². The summed E-state index contributed by atoms with van der Waals surface area (Å²) in [6.45, 7) is 3.11. The molecule has 1 aromatic carbocycles. The van der Waals surface area contributed by atoms with E-state index in [-0.39, 0.29) is 24.1 Å². The van der Waals surface area contributed by atoms with E-state index in [2.05, 4.69) is 20.4 Å². The number of aromatic nitrogens is 4. The summed E-state index contributed by atoms with van der Waals surface area (Å²) < 4.78 is 39.3. The number of hydrogen-bond acceptors (Lipinski definition) is 5. The molecule has 2 aromatic heterocycles. The summed E-state index contributed by atoms with van der Waals surface area (Å²) in [6, 6.07) is 6.89. The van der Waals surface area contributed by atoms with Gasteiger partial charge in [0.1, 0.15) is 17.3 Å². The Morgan fingerprint density at radius 1 is 1.21 bits per heavy atom. The summed E-state index contributed by atoms with van der Waals surface area (Å²) >= 11 is 0. The highest BCUT2D eigenvalue weighted by atomic mass is 19.4. The number of amides is 1. The highest BCUT2D eigenvalue weighted by molar-refractivity contribution is 6.06. The van der Waals surface area contributed by atoms with Crippen molar-refractivity contribution in [2.45, 2.75) is 38.4 Å². The van der Waals surface area contributed by atoms with E-state index in [1.165, 1.54) is 4.68 Å². The minimum absolute atomic E-state index is 0.136. The molecule has 3 heterocycles. The lowest BCUT2D eigenvalue weighted by atomic mass is 9.87. The molecule has 0 fully saturated rings. The van der Waals surface area contributed by atoms with Gasteiger partial charge in [-0.05, 0) is 19.9 Å². The summed E-state index contributed by atoms with van der Waals surface area (Å²) in [5.74, 6) is 0.334. The van der Waals surface area contributed by atoms with Crippen molar-refractivity contribution in [1.82, 2.24) is 19.7 Å². The van der Waals surface area contributed by atoms with Crippen molar-refractivity contribution in [1.29, 1.82) is 0 Å². The predicted molar refractivity (Wildman–Crippen MR) is 97.5 cm³/mol. The molecule has 0 saturated carbocycles. The third-order valence-electron chi connectivity index (χ3n) is 4.84. The summed E-state index contributed by atoms with van der Waals surface area (Å²) in [6.07, 6.45) is -5.30. The molecule has 7 nitrogen and oxygen atoms in total. The number of alkyl halides is 3. The maximum atomic E-state index is 12.7. The van der Waals surface area contributed by atoms with Crippen molar-refractivity contribution in [2.75, 3.05) is 11.1 Å². The van der Waals surface area contributed by atoms with E-state index < -0.39 is 18.0 Å². The molecular formula is C18H17F3N6O. The Balaban J connectivity index is 1.84. The number of aryl methyl sites for hydroxylation is 1. The van der Waals surface area contributed by atoms with E-state index in [0.717, 1.165) is 0 Å². The molecule has 0 saturated heterocycles. The Labute approximate surface area is 157 Å². The van der Waals surface area contributed by atoms with Gasteiger partial charge in [-0.15, -0.1) is 0 Å². The number of rotatable bonds is 3. The number of nitrogens with one attached hydrogen (secondary N) is 1. The van der Waals surface area contributed by atoms with Crippen LogP contribution in [0.3, 0.4) is 0 Å². The molecule has 146 valence electrons. The number of halogens is 3. The van der Waals surface area contributed by atoms with E-state index in [1.54, 1.807) is 38.1 Å². The van der Waals surface area contributed by atoms with E-state index in [9.17, 15) is 18.0 Å². The van der Waals surface area contributed by atoms with Gasteiger partial charge in [0.2, 0.25) is 5.91 Å². The number of para-hydroxylation sites is 1. The van der Waals surface area contributed by atoms with Gasteiger partial charge < -0.3 is 11.1 Å². The second-order valence-electron chi connectivity index (χ2n) is 7.19. The van der Waals surface area contributed by atoms with Gasteiger partial charge in [-0.3, -0.25) is 9.48 Å². The van der Waals surface area contributed by atoms with Crippen LogP contribution >= 0.6 is 0 Å². The normalized spacial score (nSPS) is 15.7. The number of nitrogens with two attached hydrogens (primary N) is 1. The second-order valence-corrected chi connectivity index (χ2v) is 7.19. The fraction of sp³-hybridized carbons (Fsp3) is 0.333. The first kappa shape index (κ1) is 18.2. The molecule has 0 bridgehead atoms. The zero-order chi connectivity index (χ0) is 20.3. The first-order valence-corrected chi connectivity index (χ1v) is 8.60. The second kappa shape index (κ2) is 5.91. The van der Waals surface area contributed by atoms with E-state index in [4.69, 9.17) is 5.73 Å². The standard InChI is InChI=1S/C18H17F3N6O/c1-17(2)11-13(22)23-15(24-14(11)25-16(17)28)12-9-5-3-4-6-10(9)27(26-12)8-7-18(19,20)21/h3-6H,7-8H2,1-2H3,(H3,22,23,24,25,28). The molecule has 4 rings (SSSR count). The topological polar surface area (TPSA) is 98.7 Å². The highest BCUT2D eigenvalue weighted by Gasteiger charge is 2.42. The molecule has 1 amide bonds. The van der Waals surface area contributed by atoms with Gasteiger partial charge in [-0.25, -0.2) is 9.97 Å². The number of nitrogen functional groups attached to an aromatic ring is 1. The minimum Gasteiger partial charge on any atom is -0.383 e. The summed E-state index contributed by atoms with van der Waals surface area (Å²) in [5, 5.41) is 7.60. The first-order chi connectivity index (χ1) is 13.1. The molecular weight excluding hydrogens is 373 g/mol. The fourth-order valence-electron chi connectivity index (χ4n) is 3.36. The van der Waals surface area contributed by atoms with Crippen LogP contribution in [0.2, 0.25) is 0 Å². The van der Waals surface area contributed by atoms with Crippen molar-refractivity contribution in [3.63, 3.8) is 0 Å². The summed E-state index contributed by atoms with van der Waals surface area (Å²) in [7, 11) is 0. The third-order valence-corrected chi connectivity index (χ3v) is 4.84. The molecule has 10 heteroatoms. The monoisotopic (exact) mass is 390 g/mol. The maximum Gasteiger partial charge on any atom is 0.390 e. The van der Waals surface area contributed by atoms with Gasteiger partial charge in [-0.2, -0.15) is 18.3 Å². The van der Waals surface area contributed by atoms with Gasteiger partial charge in [-0.1, -0.05) is 18.2 Å². The summed E-state index contributed by atoms with van der Waals surface area (Å²) in [4.78, 5) is 20.9. The van der Waals surface area contributed by atoms with Crippen molar-refractivity contribution >= 4 is 28.4 Å². The SMILES string of the molecule is CC1(C)C(=O)Nc2nc(-c3nn(CCC(F)(F)F)c4ccccc34)nc(N)c21. The quantitative estimate of drug-likeness (QED) is 0.715. The summed E-state index contributed by atoms with van der Waals surface area (Å²) in [5.41, 5.74) is 6.57. The van der Waals surface area contributed by atoms with Gasteiger partial charge in [0.05, 0.1) is 29.5 Å². The third kappa shape index (κ3) is 2.85. The predicted octanol–water partition coefficient (Wildman–Crippen LogP) is 3.26. The highest BCUT2D eigenvalue weighted by Crippen LogP contribution is 2.40. The molecule has 0 atom stereocenters.